The minimum absolute atomic E-state index is 0.567. The number of fused-ring (bicyclic) bond motifs is 2. The van der Waals surface area contributed by atoms with Crippen molar-refractivity contribution in [1.82, 2.24) is 0 Å². The van der Waals surface area contributed by atoms with Crippen molar-refractivity contribution in [2.45, 2.75) is 77.9 Å². The van der Waals surface area contributed by atoms with Crippen molar-refractivity contribution < 1.29 is 23.9 Å². The molecule has 0 amide bonds. The summed E-state index contributed by atoms with van der Waals surface area (Å²) in [5.41, 5.74) is 7.06. The van der Waals surface area contributed by atoms with Crippen LogP contribution in [0.5, 0.6) is 5.75 Å². The van der Waals surface area contributed by atoms with Crippen molar-refractivity contribution in [3.8, 4) is 16.9 Å². The van der Waals surface area contributed by atoms with E-state index in [1.165, 1.54) is 0 Å². The molecule has 7 heteroatoms. The van der Waals surface area contributed by atoms with Crippen LogP contribution in [-0.4, -0.2) is 27.8 Å². The van der Waals surface area contributed by atoms with E-state index in [1.807, 2.05) is 96.1 Å². The quantitative estimate of drug-likeness (QED) is 0.213. The molecular formula is C35H39NO5S. The van der Waals surface area contributed by atoms with Gasteiger partial charge in [0.2, 0.25) is 0 Å². The molecule has 1 heterocycles. The topological polar surface area (TPSA) is 90.8 Å². The smallest absolute Gasteiger partial charge is 0.337 e. The molecule has 0 saturated carbocycles. The molecule has 1 aliphatic rings. The fourth-order valence-corrected chi connectivity index (χ4v) is 7.17. The predicted molar refractivity (Wildman–Crippen MR) is 170 cm³/mol. The number of benzene rings is 4. The fraction of sp³-hybridized carbons (Fsp3) is 0.343. The maximum atomic E-state index is 13.9. The zero-order chi connectivity index (χ0) is 30.3. The van der Waals surface area contributed by atoms with E-state index in [-0.39, 0.29) is 0 Å². The van der Waals surface area contributed by atoms with E-state index in [4.69, 9.17) is 9.47 Å². The van der Waals surface area contributed by atoms with Crippen LogP contribution in [0.15, 0.2) is 59.5 Å². The molecule has 42 heavy (non-hydrogen) atoms. The molecule has 2 N–H and O–H groups in total. The van der Waals surface area contributed by atoms with Crippen LogP contribution >= 0.6 is 0 Å². The highest BCUT2D eigenvalue weighted by molar-refractivity contribution is 7.93. The largest absolute Gasteiger partial charge is 0.588 e. The lowest BCUT2D eigenvalue weighted by molar-refractivity contribution is -0.160. The van der Waals surface area contributed by atoms with Crippen LogP contribution in [0.2, 0.25) is 0 Å². The van der Waals surface area contributed by atoms with Crippen molar-refractivity contribution in [2.75, 3.05) is 11.3 Å². The van der Waals surface area contributed by atoms with Crippen molar-refractivity contribution in [1.29, 1.82) is 0 Å². The van der Waals surface area contributed by atoms with E-state index in [1.54, 1.807) is 0 Å². The van der Waals surface area contributed by atoms with Crippen LogP contribution in [0.1, 0.15) is 66.7 Å². The number of anilines is 1. The van der Waals surface area contributed by atoms with Gasteiger partial charge < -0.3 is 19.1 Å². The SMILES string of the molecule is Cc1c(-c2c(C)c(C)c(N[S+]([O-])c3cccc4ccccc34)c(C)c2C(OC(C)(C)C)C(=O)O)ccc2c1CCCO2. The van der Waals surface area contributed by atoms with Gasteiger partial charge in [-0.05, 0) is 124 Å². The Hall–Kier alpha value is -3.52. The third-order valence-electron chi connectivity index (χ3n) is 8.12. The highest BCUT2D eigenvalue weighted by Gasteiger charge is 2.35. The second kappa shape index (κ2) is 11.6. The Kier molecular flexibility index (Phi) is 8.30. The van der Waals surface area contributed by atoms with Gasteiger partial charge in [0.25, 0.3) is 0 Å². The van der Waals surface area contributed by atoms with Crippen LogP contribution in [0.3, 0.4) is 0 Å². The molecule has 0 aromatic heterocycles. The third-order valence-corrected chi connectivity index (χ3v) is 9.26. The van der Waals surface area contributed by atoms with Gasteiger partial charge in [-0.25, -0.2) is 9.52 Å². The first-order valence-electron chi connectivity index (χ1n) is 14.3. The predicted octanol–water partition coefficient (Wildman–Crippen LogP) is 8.14. The maximum absolute atomic E-state index is 13.9. The normalized spacial score (nSPS) is 14.7. The number of aliphatic carboxylic acids is 1. The summed E-state index contributed by atoms with van der Waals surface area (Å²) in [6, 6.07) is 17.6. The van der Waals surface area contributed by atoms with E-state index in [9.17, 15) is 14.5 Å². The lowest BCUT2D eigenvalue weighted by Crippen LogP contribution is -2.29. The molecule has 2 unspecified atom stereocenters. The molecule has 0 spiro atoms. The third kappa shape index (κ3) is 5.61. The molecule has 0 radical (unpaired) electrons. The Morgan fingerprint density at radius 3 is 2.40 bits per heavy atom. The van der Waals surface area contributed by atoms with E-state index < -0.39 is 29.0 Å². The van der Waals surface area contributed by atoms with Crippen molar-refractivity contribution in [2.24, 2.45) is 0 Å². The number of carboxylic acids is 1. The summed E-state index contributed by atoms with van der Waals surface area (Å²) in [4.78, 5) is 13.6. The van der Waals surface area contributed by atoms with Crippen LogP contribution < -0.4 is 9.46 Å². The van der Waals surface area contributed by atoms with E-state index in [0.717, 1.165) is 62.7 Å². The zero-order valence-electron chi connectivity index (χ0n) is 25.4. The number of carbonyl (C=O) groups is 1. The second-order valence-electron chi connectivity index (χ2n) is 12.0. The van der Waals surface area contributed by atoms with Crippen molar-refractivity contribution in [3.63, 3.8) is 0 Å². The molecule has 0 bridgehead atoms. The van der Waals surface area contributed by atoms with Gasteiger partial charge in [0.05, 0.1) is 17.9 Å². The first-order chi connectivity index (χ1) is 19.9. The molecular weight excluding hydrogens is 546 g/mol. The van der Waals surface area contributed by atoms with Crippen LogP contribution in [0.25, 0.3) is 21.9 Å². The summed E-state index contributed by atoms with van der Waals surface area (Å²) >= 11 is -1.60. The highest BCUT2D eigenvalue weighted by atomic mass is 32.2. The Labute approximate surface area is 251 Å². The van der Waals surface area contributed by atoms with E-state index in [2.05, 4.69) is 11.6 Å². The van der Waals surface area contributed by atoms with Gasteiger partial charge in [-0.2, -0.15) is 0 Å². The van der Waals surface area contributed by atoms with Gasteiger partial charge in [-0.3, -0.25) is 0 Å². The first-order valence-corrected chi connectivity index (χ1v) is 15.5. The van der Waals surface area contributed by atoms with Crippen LogP contribution in [-0.2, 0) is 27.3 Å². The number of hydrogen-bond donors (Lipinski definition) is 2. The van der Waals surface area contributed by atoms with Gasteiger partial charge in [0.1, 0.15) is 17.1 Å². The minimum atomic E-state index is -1.60. The van der Waals surface area contributed by atoms with Crippen LogP contribution in [0.4, 0.5) is 5.69 Å². The highest BCUT2D eigenvalue weighted by Crippen LogP contribution is 2.46. The minimum Gasteiger partial charge on any atom is -0.588 e. The Balaban J connectivity index is 1.73. The molecule has 0 saturated heterocycles. The number of hydrogen-bond acceptors (Lipinski definition) is 5. The molecule has 6 nitrogen and oxygen atoms in total. The van der Waals surface area contributed by atoms with Gasteiger partial charge in [-0.1, -0.05) is 36.4 Å². The Morgan fingerprint density at radius 2 is 1.69 bits per heavy atom. The summed E-state index contributed by atoms with van der Waals surface area (Å²) in [6.07, 6.45) is 0.610. The summed E-state index contributed by atoms with van der Waals surface area (Å²) in [5, 5.41) is 12.5. The molecule has 4 aromatic rings. The average Bonchev–Trinajstić information content (AvgIpc) is 2.96. The summed E-state index contributed by atoms with van der Waals surface area (Å²) < 4.78 is 29.3. The van der Waals surface area contributed by atoms with Crippen molar-refractivity contribution in [3.05, 3.63) is 88.0 Å². The lowest BCUT2D eigenvalue weighted by Gasteiger charge is -2.31. The molecule has 5 rings (SSSR count). The average molecular weight is 586 g/mol. The number of carboxylic acid groups (broad SMARTS) is 1. The lowest BCUT2D eigenvalue weighted by atomic mass is 9.82. The Bertz CT molecular complexity index is 1670. The number of ether oxygens (including phenoxy) is 2. The molecule has 2 atom stereocenters. The zero-order valence-corrected chi connectivity index (χ0v) is 26.2. The monoisotopic (exact) mass is 585 g/mol. The second-order valence-corrected chi connectivity index (χ2v) is 13.2. The molecule has 1 aliphatic heterocycles. The van der Waals surface area contributed by atoms with E-state index >= 15 is 0 Å². The van der Waals surface area contributed by atoms with E-state index in [0.29, 0.717) is 28.3 Å². The molecule has 0 aliphatic carbocycles. The van der Waals surface area contributed by atoms with Gasteiger partial charge in [0.15, 0.2) is 11.0 Å². The van der Waals surface area contributed by atoms with Crippen molar-refractivity contribution >= 4 is 33.8 Å². The molecule has 4 aromatic carbocycles. The maximum Gasteiger partial charge on any atom is 0.337 e. The molecule has 0 fully saturated rings. The van der Waals surface area contributed by atoms with Gasteiger partial charge >= 0.3 is 5.97 Å². The summed E-state index contributed by atoms with van der Waals surface area (Å²) in [7, 11) is 0. The summed E-state index contributed by atoms with van der Waals surface area (Å²) in [6.45, 7) is 14.2. The number of nitrogens with one attached hydrogen (secondary N) is 1. The fourth-order valence-electron chi connectivity index (χ4n) is 5.98. The van der Waals surface area contributed by atoms with Gasteiger partial charge in [0, 0.05) is 10.9 Å². The Morgan fingerprint density at radius 1 is 0.976 bits per heavy atom. The molecule has 220 valence electrons. The summed E-state index contributed by atoms with van der Waals surface area (Å²) in [5.74, 6) is -0.183. The standard InChI is InChI=1S/C35H39NO5S/c1-20-21(2)32(36-42(39)29-16-10-13-24-12-8-9-14-27(24)29)23(4)31(33(34(37)38)41-35(5,6)7)30(20)26-17-18-28-25(22(26)3)15-11-19-40-28/h8-10,12-14,16-18,33,36H,11,15,19H2,1-7H3,(H,37,38). The van der Waals surface area contributed by atoms with Gasteiger partial charge in [-0.15, -0.1) is 0 Å². The number of rotatable bonds is 7. The first kappa shape index (κ1) is 30.0. The van der Waals surface area contributed by atoms with Crippen LogP contribution in [0, 0.1) is 27.7 Å².